The second-order valence-corrected chi connectivity index (χ2v) is 9.10. The van der Waals surface area contributed by atoms with E-state index in [1.165, 1.54) is 5.56 Å². The number of hydrogen-bond donors (Lipinski definition) is 1. The molecule has 162 valence electrons. The molecule has 0 unspecified atom stereocenters. The highest BCUT2D eigenvalue weighted by Gasteiger charge is 2.28. The normalized spacial score (nSPS) is 12.3. The van der Waals surface area contributed by atoms with Crippen LogP contribution in [0.3, 0.4) is 0 Å². The highest BCUT2D eigenvalue weighted by atomic mass is 16.2. The van der Waals surface area contributed by atoms with E-state index in [1.54, 1.807) is 4.90 Å². The Bertz CT molecular complexity index is 850. The minimum atomic E-state index is -0.542. The molecule has 30 heavy (non-hydrogen) atoms. The Kier molecular flexibility index (Phi) is 8.22. The molecule has 0 aliphatic heterocycles. The van der Waals surface area contributed by atoms with Gasteiger partial charge >= 0.3 is 0 Å². The van der Waals surface area contributed by atoms with Crippen LogP contribution in [-0.4, -0.2) is 28.3 Å². The summed E-state index contributed by atoms with van der Waals surface area (Å²) in [5.74, 6) is -0.136. The molecule has 0 aromatic heterocycles. The van der Waals surface area contributed by atoms with Crippen LogP contribution in [0.2, 0.25) is 0 Å². The number of aryl methyl sites for hydroxylation is 3. The first-order valence-electron chi connectivity index (χ1n) is 10.8. The van der Waals surface area contributed by atoms with Crippen LogP contribution in [-0.2, 0) is 29.0 Å². The predicted octanol–water partition coefficient (Wildman–Crippen LogP) is 4.82. The van der Waals surface area contributed by atoms with Crippen molar-refractivity contribution in [2.24, 2.45) is 0 Å². The summed E-state index contributed by atoms with van der Waals surface area (Å²) in [7, 11) is 0. The van der Waals surface area contributed by atoms with Gasteiger partial charge in [0.05, 0.1) is 0 Å². The number of carbonyl (C=O) groups excluding carboxylic acids is 2. The predicted molar refractivity (Wildman–Crippen MR) is 123 cm³/mol. The third kappa shape index (κ3) is 7.33. The van der Waals surface area contributed by atoms with E-state index in [0.29, 0.717) is 19.4 Å². The van der Waals surface area contributed by atoms with Gasteiger partial charge < -0.3 is 10.2 Å². The van der Waals surface area contributed by atoms with Gasteiger partial charge in [-0.3, -0.25) is 9.59 Å². The van der Waals surface area contributed by atoms with Gasteiger partial charge in [-0.05, 0) is 64.2 Å². The largest absolute Gasteiger partial charge is 0.350 e. The lowest BCUT2D eigenvalue weighted by molar-refractivity contribution is -0.141. The molecule has 2 aromatic rings. The summed E-state index contributed by atoms with van der Waals surface area (Å²) in [5, 5.41) is 3.01. The summed E-state index contributed by atoms with van der Waals surface area (Å²) >= 11 is 0. The monoisotopic (exact) mass is 408 g/mol. The van der Waals surface area contributed by atoms with Gasteiger partial charge in [-0.2, -0.15) is 0 Å². The van der Waals surface area contributed by atoms with Crippen LogP contribution in [0.5, 0.6) is 0 Å². The molecule has 4 nitrogen and oxygen atoms in total. The molecule has 0 fully saturated rings. The lowest BCUT2D eigenvalue weighted by atomic mass is 10.0. The highest BCUT2D eigenvalue weighted by molar-refractivity contribution is 5.87. The van der Waals surface area contributed by atoms with Crippen LogP contribution in [0.1, 0.15) is 63.3 Å². The summed E-state index contributed by atoms with van der Waals surface area (Å²) in [5.41, 5.74) is 4.26. The van der Waals surface area contributed by atoms with Gasteiger partial charge in [-0.25, -0.2) is 0 Å². The van der Waals surface area contributed by atoms with E-state index in [1.807, 2.05) is 52.8 Å². The van der Waals surface area contributed by atoms with E-state index in [9.17, 15) is 9.59 Å². The third-order valence-corrected chi connectivity index (χ3v) is 5.16. The minimum absolute atomic E-state index is 0.00682. The van der Waals surface area contributed by atoms with Gasteiger partial charge in [-0.1, -0.05) is 61.0 Å². The summed E-state index contributed by atoms with van der Waals surface area (Å²) in [6, 6.07) is 16.0. The van der Waals surface area contributed by atoms with E-state index >= 15 is 0 Å². The first kappa shape index (κ1) is 23.7. The average Bonchev–Trinajstić information content (AvgIpc) is 2.69. The fourth-order valence-electron chi connectivity index (χ4n) is 3.40. The molecular weight excluding hydrogens is 372 g/mol. The Balaban J connectivity index is 2.15. The first-order valence-corrected chi connectivity index (χ1v) is 10.8. The summed E-state index contributed by atoms with van der Waals surface area (Å²) in [4.78, 5) is 27.7. The zero-order valence-electron chi connectivity index (χ0n) is 19.3. The molecule has 2 amide bonds. The zero-order valence-corrected chi connectivity index (χ0v) is 19.3. The molecule has 0 aliphatic carbocycles. The quantitative estimate of drug-likeness (QED) is 0.681. The van der Waals surface area contributed by atoms with Crippen LogP contribution < -0.4 is 5.32 Å². The topological polar surface area (TPSA) is 49.4 Å². The molecule has 0 bridgehead atoms. The van der Waals surface area contributed by atoms with E-state index in [4.69, 9.17) is 0 Å². The Morgan fingerprint density at radius 3 is 2.20 bits per heavy atom. The van der Waals surface area contributed by atoms with Gasteiger partial charge in [0.1, 0.15) is 6.04 Å². The second kappa shape index (κ2) is 10.4. The number of hydrogen-bond acceptors (Lipinski definition) is 2. The third-order valence-electron chi connectivity index (χ3n) is 5.16. The molecule has 4 heteroatoms. The van der Waals surface area contributed by atoms with E-state index in [0.717, 1.165) is 23.1 Å². The van der Waals surface area contributed by atoms with Crippen LogP contribution in [0.25, 0.3) is 0 Å². The number of benzene rings is 2. The van der Waals surface area contributed by atoms with Crippen molar-refractivity contribution in [3.05, 3.63) is 70.8 Å². The SMILES string of the molecule is CCc1ccc(CCC(=O)N(Cc2cccc(C)c2)[C@@H](C)C(=O)NC(C)(C)C)cc1. The number of nitrogens with zero attached hydrogens (tertiary/aromatic N) is 1. The van der Waals surface area contributed by atoms with Crippen molar-refractivity contribution in [3.8, 4) is 0 Å². The molecule has 0 aliphatic rings. The van der Waals surface area contributed by atoms with Crippen molar-refractivity contribution in [2.75, 3.05) is 0 Å². The van der Waals surface area contributed by atoms with Crippen LogP contribution in [0.4, 0.5) is 0 Å². The standard InChI is InChI=1S/C26H36N2O2/c1-7-21-11-13-22(14-12-21)15-16-24(29)28(18-23-10-8-9-19(2)17-23)20(3)25(30)27-26(4,5)6/h8-14,17,20H,7,15-16,18H2,1-6H3,(H,27,30)/t20-/m0/s1. The number of nitrogens with one attached hydrogen (secondary N) is 1. The van der Waals surface area contributed by atoms with Gasteiger partial charge in [0.2, 0.25) is 11.8 Å². The Hall–Kier alpha value is -2.62. The Morgan fingerprint density at radius 2 is 1.63 bits per heavy atom. The number of carbonyl (C=O) groups is 2. The van der Waals surface area contributed by atoms with Crippen molar-refractivity contribution in [2.45, 2.75) is 78.9 Å². The summed E-state index contributed by atoms with van der Waals surface area (Å²) < 4.78 is 0. The molecule has 0 saturated carbocycles. The molecule has 0 saturated heterocycles. The molecule has 0 radical (unpaired) electrons. The molecule has 0 heterocycles. The lowest BCUT2D eigenvalue weighted by Crippen LogP contribution is -2.52. The van der Waals surface area contributed by atoms with Crippen molar-refractivity contribution in [1.29, 1.82) is 0 Å². The van der Waals surface area contributed by atoms with Gasteiger partial charge in [0.15, 0.2) is 0 Å². The minimum Gasteiger partial charge on any atom is -0.350 e. The molecule has 0 spiro atoms. The van der Waals surface area contributed by atoms with Crippen molar-refractivity contribution in [1.82, 2.24) is 10.2 Å². The fraction of sp³-hybridized carbons (Fsp3) is 0.462. The Labute approximate surface area is 181 Å². The van der Waals surface area contributed by atoms with E-state index in [2.05, 4.69) is 42.6 Å². The fourth-order valence-corrected chi connectivity index (χ4v) is 3.40. The van der Waals surface area contributed by atoms with Gasteiger partial charge in [-0.15, -0.1) is 0 Å². The molecular formula is C26H36N2O2. The Morgan fingerprint density at radius 1 is 1.00 bits per heavy atom. The molecule has 2 aromatic carbocycles. The second-order valence-electron chi connectivity index (χ2n) is 9.10. The highest BCUT2D eigenvalue weighted by Crippen LogP contribution is 2.15. The van der Waals surface area contributed by atoms with Crippen LogP contribution in [0, 0.1) is 6.92 Å². The summed E-state index contributed by atoms with van der Waals surface area (Å²) in [6.07, 6.45) is 2.05. The van der Waals surface area contributed by atoms with Crippen molar-refractivity contribution in [3.63, 3.8) is 0 Å². The maximum atomic E-state index is 13.2. The van der Waals surface area contributed by atoms with Crippen molar-refractivity contribution >= 4 is 11.8 Å². The number of rotatable bonds is 8. The van der Waals surface area contributed by atoms with Crippen LogP contribution >= 0.6 is 0 Å². The average molecular weight is 409 g/mol. The van der Waals surface area contributed by atoms with E-state index < -0.39 is 6.04 Å². The zero-order chi connectivity index (χ0) is 22.3. The summed E-state index contributed by atoms with van der Waals surface area (Å²) in [6.45, 7) is 12.2. The molecule has 1 atom stereocenters. The maximum absolute atomic E-state index is 13.2. The van der Waals surface area contributed by atoms with Crippen molar-refractivity contribution < 1.29 is 9.59 Å². The van der Waals surface area contributed by atoms with Crippen LogP contribution in [0.15, 0.2) is 48.5 Å². The van der Waals surface area contributed by atoms with E-state index in [-0.39, 0.29) is 17.4 Å². The smallest absolute Gasteiger partial charge is 0.242 e. The van der Waals surface area contributed by atoms with Gasteiger partial charge in [0, 0.05) is 18.5 Å². The number of amides is 2. The maximum Gasteiger partial charge on any atom is 0.242 e. The first-order chi connectivity index (χ1) is 14.1. The molecule has 1 N–H and O–H groups in total. The lowest BCUT2D eigenvalue weighted by Gasteiger charge is -2.31. The van der Waals surface area contributed by atoms with Gasteiger partial charge in [0.25, 0.3) is 0 Å². The molecule has 2 rings (SSSR count).